The van der Waals surface area contributed by atoms with Crippen LogP contribution >= 0.6 is 7.82 Å². The molecule has 0 aromatic heterocycles. The Bertz CT molecular complexity index is 1130. The van der Waals surface area contributed by atoms with Gasteiger partial charge in [-0.2, -0.15) is 0 Å². The Hall–Kier alpha value is -1.77. The standard InChI is InChI=1S/C51H96NO8P/c1-6-8-10-12-14-16-18-20-21-22-23-24-25-26-27-28-29-30-31-32-34-36-38-40-42-44-51(54)60-49(48-59-61(55,56)58-46-45-52(3,4)5)47-57-50(53)43-41-39-37-35-33-19-17-15-13-11-9-7-2/h15,17-18,20,22-23,49H,6-14,16,19,21,24-48H2,1-5H3/b17-15-,20-18-,23-22-. The lowest BCUT2D eigenvalue weighted by molar-refractivity contribution is -0.870. The predicted octanol–water partition coefficient (Wildman–Crippen LogP) is 14.2. The number of unbranched alkanes of at least 4 members (excludes halogenated alkanes) is 26. The summed E-state index contributed by atoms with van der Waals surface area (Å²) >= 11 is 0. The molecule has 358 valence electrons. The maximum atomic E-state index is 12.7. The fourth-order valence-corrected chi connectivity index (χ4v) is 7.64. The number of hydrogen-bond donors (Lipinski definition) is 0. The van der Waals surface area contributed by atoms with E-state index in [0.717, 1.165) is 64.2 Å². The molecule has 0 saturated heterocycles. The van der Waals surface area contributed by atoms with Gasteiger partial charge in [0.2, 0.25) is 0 Å². The minimum atomic E-state index is -4.63. The van der Waals surface area contributed by atoms with Gasteiger partial charge in [-0.25, -0.2) is 0 Å². The molecule has 0 aromatic carbocycles. The van der Waals surface area contributed by atoms with Crippen LogP contribution in [0.1, 0.15) is 226 Å². The largest absolute Gasteiger partial charge is 0.756 e. The average Bonchev–Trinajstić information content (AvgIpc) is 3.21. The Balaban J connectivity index is 4.17. The van der Waals surface area contributed by atoms with E-state index in [1.165, 1.54) is 128 Å². The summed E-state index contributed by atoms with van der Waals surface area (Å²) in [6.07, 6.45) is 50.4. The third-order valence-corrected chi connectivity index (χ3v) is 11.8. The van der Waals surface area contributed by atoms with Gasteiger partial charge in [0, 0.05) is 12.8 Å². The number of carbonyl (C=O) groups excluding carboxylic acids is 2. The molecule has 0 aromatic rings. The van der Waals surface area contributed by atoms with Crippen molar-refractivity contribution in [2.75, 3.05) is 47.5 Å². The average molecular weight is 882 g/mol. The zero-order valence-corrected chi connectivity index (χ0v) is 41.3. The van der Waals surface area contributed by atoms with Crippen LogP contribution in [0.25, 0.3) is 0 Å². The number of phosphoric acid groups is 1. The summed E-state index contributed by atoms with van der Waals surface area (Å²) in [6.45, 7) is 4.20. The molecule has 0 rings (SSSR count). The molecule has 10 heteroatoms. The Labute approximate surface area is 376 Å². The summed E-state index contributed by atoms with van der Waals surface area (Å²) in [5.74, 6) is -0.841. The molecule has 9 nitrogen and oxygen atoms in total. The zero-order chi connectivity index (χ0) is 45.0. The molecule has 61 heavy (non-hydrogen) atoms. The monoisotopic (exact) mass is 882 g/mol. The molecule has 0 heterocycles. The number of phosphoric ester groups is 1. The summed E-state index contributed by atoms with van der Waals surface area (Å²) in [5.41, 5.74) is 0. The van der Waals surface area contributed by atoms with Crippen molar-refractivity contribution in [3.05, 3.63) is 36.5 Å². The molecule has 0 aliphatic rings. The SMILES string of the molecule is CCCCC/C=C\CCCCCCCC(=O)OCC(COP(=O)([O-])OCC[N+](C)(C)C)OC(=O)CCCCCCCCCCCCCCC/C=C\C/C=C\CCCCCCC. The van der Waals surface area contributed by atoms with E-state index in [4.69, 9.17) is 18.5 Å². The second-order valence-electron chi connectivity index (χ2n) is 18.2. The number of allylic oxidation sites excluding steroid dienone is 6. The first-order valence-electron chi connectivity index (χ1n) is 25.2. The highest BCUT2D eigenvalue weighted by molar-refractivity contribution is 7.45. The summed E-state index contributed by atoms with van der Waals surface area (Å²) < 4.78 is 34.0. The normalized spacial score (nSPS) is 13.7. The van der Waals surface area contributed by atoms with Crippen molar-refractivity contribution in [2.24, 2.45) is 0 Å². The van der Waals surface area contributed by atoms with Gasteiger partial charge in [0.15, 0.2) is 6.10 Å². The zero-order valence-electron chi connectivity index (χ0n) is 40.4. The third kappa shape index (κ3) is 47.5. The summed E-state index contributed by atoms with van der Waals surface area (Å²) in [4.78, 5) is 37.6. The van der Waals surface area contributed by atoms with Gasteiger partial charge in [-0.15, -0.1) is 0 Å². The number of esters is 2. The first-order chi connectivity index (χ1) is 29.5. The van der Waals surface area contributed by atoms with Crippen LogP contribution in [0, 0.1) is 0 Å². The lowest BCUT2D eigenvalue weighted by Crippen LogP contribution is -2.37. The van der Waals surface area contributed by atoms with Gasteiger partial charge in [-0.1, -0.05) is 179 Å². The quantitative estimate of drug-likeness (QED) is 0.0195. The van der Waals surface area contributed by atoms with E-state index in [2.05, 4.69) is 50.3 Å². The van der Waals surface area contributed by atoms with Crippen molar-refractivity contribution in [3.63, 3.8) is 0 Å². The van der Waals surface area contributed by atoms with E-state index < -0.39 is 32.5 Å². The van der Waals surface area contributed by atoms with Crippen LogP contribution in [0.3, 0.4) is 0 Å². The minimum absolute atomic E-state index is 0.0317. The minimum Gasteiger partial charge on any atom is -0.756 e. The van der Waals surface area contributed by atoms with Crippen molar-refractivity contribution in [3.8, 4) is 0 Å². The molecular weight excluding hydrogens is 786 g/mol. The molecule has 0 bridgehead atoms. The van der Waals surface area contributed by atoms with E-state index in [-0.39, 0.29) is 26.1 Å². The number of carbonyl (C=O) groups is 2. The van der Waals surface area contributed by atoms with Crippen molar-refractivity contribution in [1.82, 2.24) is 0 Å². The Morgan fingerprint density at radius 1 is 0.508 bits per heavy atom. The molecule has 0 spiro atoms. The van der Waals surface area contributed by atoms with Crippen LogP contribution in [0.5, 0.6) is 0 Å². The molecule has 2 unspecified atom stereocenters. The second kappa shape index (κ2) is 43.5. The summed E-state index contributed by atoms with van der Waals surface area (Å²) in [7, 11) is 1.16. The highest BCUT2D eigenvalue weighted by Crippen LogP contribution is 2.38. The summed E-state index contributed by atoms with van der Waals surface area (Å²) in [5, 5.41) is 0. The van der Waals surface area contributed by atoms with Gasteiger partial charge >= 0.3 is 11.9 Å². The van der Waals surface area contributed by atoms with Gasteiger partial charge in [0.05, 0.1) is 27.7 Å². The lowest BCUT2D eigenvalue weighted by Gasteiger charge is -2.28. The van der Waals surface area contributed by atoms with Gasteiger partial charge in [0.1, 0.15) is 19.8 Å². The molecule has 2 atom stereocenters. The molecule has 0 saturated carbocycles. The Kier molecular flexibility index (Phi) is 42.2. The molecule has 0 aliphatic heterocycles. The fourth-order valence-electron chi connectivity index (χ4n) is 6.92. The van der Waals surface area contributed by atoms with Gasteiger partial charge in [-0.05, 0) is 70.6 Å². The van der Waals surface area contributed by atoms with E-state index in [1.54, 1.807) is 0 Å². The topological polar surface area (TPSA) is 111 Å². The molecule has 0 amide bonds. The highest BCUT2D eigenvalue weighted by atomic mass is 31.2. The Morgan fingerprint density at radius 2 is 0.885 bits per heavy atom. The molecule has 0 aliphatic carbocycles. The first kappa shape index (κ1) is 59.2. The maximum Gasteiger partial charge on any atom is 0.306 e. The summed E-state index contributed by atoms with van der Waals surface area (Å²) in [6, 6.07) is 0. The van der Waals surface area contributed by atoms with E-state index in [1.807, 2.05) is 21.1 Å². The first-order valence-corrected chi connectivity index (χ1v) is 26.7. The van der Waals surface area contributed by atoms with Crippen molar-refractivity contribution in [2.45, 2.75) is 232 Å². The van der Waals surface area contributed by atoms with E-state index >= 15 is 0 Å². The van der Waals surface area contributed by atoms with Crippen LogP contribution < -0.4 is 4.89 Å². The molecule has 0 fully saturated rings. The number of likely N-dealkylation sites (N-methyl/N-ethyl adjacent to an activating group) is 1. The molecular formula is C51H96NO8P. The van der Waals surface area contributed by atoms with Crippen LogP contribution in [-0.2, 0) is 32.7 Å². The maximum absolute atomic E-state index is 12.7. The highest BCUT2D eigenvalue weighted by Gasteiger charge is 2.21. The molecule has 0 N–H and O–H groups in total. The molecule has 0 radical (unpaired) electrons. The number of nitrogens with zero attached hydrogens (tertiary/aromatic N) is 1. The van der Waals surface area contributed by atoms with E-state index in [9.17, 15) is 19.0 Å². The second-order valence-corrected chi connectivity index (χ2v) is 19.6. The van der Waals surface area contributed by atoms with Crippen LogP contribution in [0.2, 0.25) is 0 Å². The number of quaternary nitrogens is 1. The Morgan fingerprint density at radius 3 is 1.34 bits per heavy atom. The smallest absolute Gasteiger partial charge is 0.306 e. The number of hydrogen-bond acceptors (Lipinski definition) is 8. The van der Waals surface area contributed by atoms with Crippen LogP contribution in [0.4, 0.5) is 0 Å². The van der Waals surface area contributed by atoms with Gasteiger partial charge in [0.25, 0.3) is 7.82 Å². The van der Waals surface area contributed by atoms with Crippen molar-refractivity contribution in [1.29, 1.82) is 0 Å². The number of ether oxygens (including phenoxy) is 2. The van der Waals surface area contributed by atoms with Crippen molar-refractivity contribution >= 4 is 19.8 Å². The van der Waals surface area contributed by atoms with Crippen molar-refractivity contribution < 1.29 is 42.1 Å². The van der Waals surface area contributed by atoms with Crippen LogP contribution in [0.15, 0.2) is 36.5 Å². The number of rotatable bonds is 46. The predicted molar refractivity (Wildman–Crippen MR) is 254 cm³/mol. The lowest BCUT2D eigenvalue weighted by atomic mass is 10.0. The third-order valence-electron chi connectivity index (χ3n) is 10.9. The van der Waals surface area contributed by atoms with Gasteiger partial charge in [-0.3, -0.25) is 14.2 Å². The van der Waals surface area contributed by atoms with Gasteiger partial charge < -0.3 is 27.9 Å². The van der Waals surface area contributed by atoms with Crippen LogP contribution in [-0.4, -0.2) is 70.0 Å². The fraction of sp³-hybridized carbons (Fsp3) is 0.843. The van der Waals surface area contributed by atoms with E-state index in [0.29, 0.717) is 17.4 Å².